The Morgan fingerprint density at radius 3 is 1.07 bits per heavy atom. The summed E-state index contributed by atoms with van der Waals surface area (Å²) in [6.07, 6.45) is 76.3. The van der Waals surface area contributed by atoms with Gasteiger partial charge < -0.3 is 20.3 Å². The fourth-order valence-corrected chi connectivity index (χ4v) is 9.78. The van der Waals surface area contributed by atoms with Gasteiger partial charge in [0.1, 0.15) is 0 Å². The number of hydrogen-bond acceptors (Lipinski definition) is 5. The van der Waals surface area contributed by atoms with Gasteiger partial charge in [-0.05, 0) is 64.2 Å². The van der Waals surface area contributed by atoms with E-state index in [1.54, 1.807) is 6.08 Å². The van der Waals surface area contributed by atoms with Crippen molar-refractivity contribution in [1.82, 2.24) is 5.32 Å². The van der Waals surface area contributed by atoms with E-state index in [1.807, 2.05) is 6.08 Å². The van der Waals surface area contributed by atoms with E-state index >= 15 is 0 Å². The lowest BCUT2D eigenvalue weighted by molar-refractivity contribution is -0.143. The molecule has 2 atom stereocenters. The van der Waals surface area contributed by atoms with Crippen LogP contribution in [-0.2, 0) is 14.3 Å². The largest absolute Gasteiger partial charge is 0.466 e. The van der Waals surface area contributed by atoms with Crippen LogP contribution in [0.3, 0.4) is 0 Å². The van der Waals surface area contributed by atoms with E-state index in [4.69, 9.17) is 4.74 Å². The van der Waals surface area contributed by atoms with Crippen LogP contribution in [0.4, 0.5) is 0 Å². The number of carbonyl (C=O) groups excluding carboxylic acids is 2. The van der Waals surface area contributed by atoms with E-state index in [1.165, 1.54) is 270 Å². The minimum absolute atomic E-state index is 0.0135. The molecule has 2 unspecified atom stereocenters. The maximum absolute atomic E-state index is 12.4. The monoisotopic (exact) mass is 998 g/mol. The molecule has 0 saturated heterocycles. The average Bonchev–Trinajstić information content (AvgIpc) is 3.37. The lowest BCUT2D eigenvalue weighted by Gasteiger charge is -2.20. The standard InChI is InChI=1S/C65H123NO5/c1-3-5-7-9-11-13-15-39-43-47-51-55-59-65(70)71-60-56-52-48-44-40-36-34-32-30-28-26-24-22-20-18-16-17-19-21-23-25-27-29-31-33-35-38-42-46-50-54-58-64(69)66-62(61-67)63(68)57-53-49-45-41-37-14-12-10-8-6-4-2/h18,20,24,26,53,57,62-63,67-68H,3-17,19,21-23,25,27-52,54-56,58-61H2,1-2H3,(H,66,69)/b20-18-,26-24-,57-53+. The zero-order chi connectivity index (χ0) is 51.4. The summed E-state index contributed by atoms with van der Waals surface area (Å²) >= 11 is 0. The topological polar surface area (TPSA) is 95.9 Å². The molecular formula is C65H123NO5. The second-order valence-corrected chi connectivity index (χ2v) is 21.7. The van der Waals surface area contributed by atoms with Crippen LogP contribution in [0.2, 0.25) is 0 Å². The molecule has 0 heterocycles. The maximum atomic E-state index is 12.4. The van der Waals surface area contributed by atoms with Crippen molar-refractivity contribution in [3.05, 3.63) is 36.5 Å². The van der Waals surface area contributed by atoms with Crippen LogP contribution in [0.5, 0.6) is 0 Å². The summed E-state index contributed by atoms with van der Waals surface area (Å²) < 4.78 is 5.47. The fraction of sp³-hybridized carbons (Fsp3) is 0.877. The number of allylic oxidation sites excluding steroid dienone is 5. The fourth-order valence-electron chi connectivity index (χ4n) is 9.78. The Morgan fingerprint density at radius 1 is 0.394 bits per heavy atom. The molecule has 0 rings (SSSR count). The lowest BCUT2D eigenvalue weighted by Crippen LogP contribution is -2.45. The number of aliphatic hydroxyl groups is 2. The van der Waals surface area contributed by atoms with Gasteiger partial charge in [0.05, 0.1) is 25.4 Å². The molecular weight excluding hydrogens is 875 g/mol. The molecule has 1 amide bonds. The zero-order valence-electron chi connectivity index (χ0n) is 47.7. The van der Waals surface area contributed by atoms with E-state index in [-0.39, 0.29) is 18.5 Å². The van der Waals surface area contributed by atoms with Gasteiger partial charge in [0.25, 0.3) is 0 Å². The van der Waals surface area contributed by atoms with Crippen LogP contribution < -0.4 is 5.32 Å². The third-order valence-corrected chi connectivity index (χ3v) is 14.7. The molecule has 0 aromatic heterocycles. The Hall–Kier alpha value is -1.92. The van der Waals surface area contributed by atoms with Gasteiger partial charge in [-0.2, -0.15) is 0 Å². The molecule has 418 valence electrons. The second kappa shape index (κ2) is 60.6. The number of nitrogens with one attached hydrogen (secondary N) is 1. The van der Waals surface area contributed by atoms with Crippen LogP contribution in [0, 0.1) is 0 Å². The number of aliphatic hydroxyl groups excluding tert-OH is 2. The van der Waals surface area contributed by atoms with Gasteiger partial charge in [0.2, 0.25) is 5.91 Å². The molecule has 0 spiro atoms. The smallest absolute Gasteiger partial charge is 0.305 e. The first-order valence-corrected chi connectivity index (χ1v) is 31.8. The van der Waals surface area contributed by atoms with E-state index in [2.05, 4.69) is 43.5 Å². The van der Waals surface area contributed by atoms with Crippen molar-refractivity contribution >= 4 is 11.9 Å². The van der Waals surface area contributed by atoms with E-state index in [0.29, 0.717) is 19.4 Å². The summed E-state index contributed by atoms with van der Waals surface area (Å²) in [5, 5.41) is 23.0. The van der Waals surface area contributed by atoms with Gasteiger partial charge in [-0.15, -0.1) is 0 Å². The Bertz CT molecular complexity index is 1150. The van der Waals surface area contributed by atoms with Crippen LogP contribution in [-0.4, -0.2) is 47.4 Å². The molecule has 0 radical (unpaired) electrons. The summed E-state index contributed by atoms with van der Waals surface area (Å²) in [6, 6.07) is -0.626. The summed E-state index contributed by atoms with van der Waals surface area (Å²) in [5.74, 6) is -0.0544. The van der Waals surface area contributed by atoms with Crippen molar-refractivity contribution in [3.63, 3.8) is 0 Å². The number of ether oxygens (including phenoxy) is 1. The van der Waals surface area contributed by atoms with Crippen molar-refractivity contribution in [1.29, 1.82) is 0 Å². The van der Waals surface area contributed by atoms with Crippen LogP contribution in [0.1, 0.15) is 341 Å². The first kappa shape index (κ1) is 69.1. The van der Waals surface area contributed by atoms with Gasteiger partial charge in [0.15, 0.2) is 0 Å². The summed E-state index contributed by atoms with van der Waals surface area (Å²) in [5.41, 5.74) is 0. The molecule has 0 aromatic carbocycles. The van der Waals surface area contributed by atoms with E-state index in [9.17, 15) is 19.8 Å². The van der Waals surface area contributed by atoms with Crippen LogP contribution >= 0.6 is 0 Å². The number of carbonyl (C=O) groups is 2. The molecule has 0 saturated carbocycles. The number of amides is 1. The summed E-state index contributed by atoms with van der Waals surface area (Å²) in [4.78, 5) is 24.4. The van der Waals surface area contributed by atoms with Crippen LogP contribution in [0.25, 0.3) is 0 Å². The molecule has 6 heteroatoms. The van der Waals surface area contributed by atoms with Gasteiger partial charge in [-0.3, -0.25) is 9.59 Å². The highest BCUT2D eigenvalue weighted by molar-refractivity contribution is 5.76. The lowest BCUT2D eigenvalue weighted by atomic mass is 10.0. The molecule has 0 fully saturated rings. The molecule has 3 N–H and O–H groups in total. The second-order valence-electron chi connectivity index (χ2n) is 21.7. The van der Waals surface area contributed by atoms with Crippen molar-refractivity contribution in [2.75, 3.05) is 13.2 Å². The zero-order valence-corrected chi connectivity index (χ0v) is 47.7. The number of hydrogen-bond donors (Lipinski definition) is 3. The number of esters is 1. The third-order valence-electron chi connectivity index (χ3n) is 14.7. The van der Waals surface area contributed by atoms with Crippen molar-refractivity contribution in [2.45, 2.75) is 353 Å². The first-order chi connectivity index (χ1) is 35.0. The highest BCUT2D eigenvalue weighted by Crippen LogP contribution is 2.17. The predicted octanol–water partition coefficient (Wildman–Crippen LogP) is 20.0. The Morgan fingerprint density at radius 2 is 0.704 bits per heavy atom. The Kier molecular flexibility index (Phi) is 59.0. The molecule has 0 aromatic rings. The molecule has 0 aliphatic rings. The van der Waals surface area contributed by atoms with E-state index < -0.39 is 12.1 Å². The summed E-state index contributed by atoms with van der Waals surface area (Å²) in [6.45, 7) is 4.90. The minimum atomic E-state index is -0.842. The quantitative estimate of drug-likeness (QED) is 0.0321. The first-order valence-electron chi connectivity index (χ1n) is 31.8. The third kappa shape index (κ3) is 57.2. The van der Waals surface area contributed by atoms with E-state index in [0.717, 1.165) is 44.9 Å². The van der Waals surface area contributed by atoms with Gasteiger partial charge in [0, 0.05) is 12.8 Å². The van der Waals surface area contributed by atoms with Gasteiger partial charge in [-0.25, -0.2) is 0 Å². The molecule has 6 nitrogen and oxygen atoms in total. The summed E-state index contributed by atoms with van der Waals surface area (Å²) in [7, 11) is 0. The van der Waals surface area contributed by atoms with Crippen LogP contribution in [0.15, 0.2) is 36.5 Å². The average molecular weight is 999 g/mol. The molecule has 71 heavy (non-hydrogen) atoms. The Balaban J connectivity index is 3.39. The SMILES string of the molecule is CCCCCCCCCCC/C=C/C(O)C(CO)NC(=O)CCCCCCCCCCCCCCCCC/C=C\C/C=C\CCCCCCCCCCCOC(=O)CCCCCCCCCCCCCC. The highest BCUT2D eigenvalue weighted by Gasteiger charge is 2.18. The number of unbranched alkanes of at least 4 members (excludes halogenated alkanes) is 44. The van der Waals surface area contributed by atoms with Crippen molar-refractivity contribution in [3.8, 4) is 0 Å². The van der Waals surface area contributed by atoms with Crippen molar-refractivity contribution < 1.29 is 24.5 Å². The molecule has 0 aliphatic heterocycles. The van der Waals surface area contributed by atoms with Gasteiger partial charge >= 0.3 is 5.97 Å². The Labute approximate surface area is 443 Å². The minimum Gasteiger partial charge on any atom is -0.466 e. The van der Waals surface area contributed by atoms with Crippen molar-refractivity contribution in [2.24, 2.45) is 0 Å². The number of rotatable bonds is 59. The predicted molar refractivity (Wildman–Crippen MR) is 310 cm³/mol. The maximum Gasteiger partial charge on any atom is 0.305 e. The molecule has 0 aliphatic carbocycles. The normalized spacial score (nSPS) is 12.8. The molecule has 0 bridgehead atoms. The van der Waals surface area contributed by atoms with Gasteiger partial charge in [-0.1, -0.05) is 301 Å². The highest BCUT2D eigenvalue weighted by atomic mass is 16.5.